The summed E-state index contributed by atoms with van der Waals surface area (Å²) in [5.41, 5.74) is 2.94. The molecule has 0 spiro atoms. The van der Waals surface area contributed by atoms with Crippen LogP contribution in [0.5, 0.6) is 0 Å². The number of benzene rings is 1. The molecule has 1 aromatic carbocycles. The van der Waals surface area contributed by atoms with Gasteiger partial charge >= 0.3 is 0 Å². The van der Waals surface area contributed by atoms with E-state index in [1.165, 1.54) is 4.88 Å². The normalized spacial score (nSPS) is 14.3. The van der Waals surface area contributed by atoms with E-state index in [-0.39, 0.29) is 4.75 Å². The van der Waals surface area contributed by atoms with Crippen LogP contribution in [0.15, 0.2) is 44.6 Å². The smallest absolute Gasteiger partial charge is 0.144 e. The van der Waals surface area contributed by atoms with Crippen molar-refractivity contribution in [1.29, 1.82) is 0 Å². The number of halogens is 1. The van der Waals surface area contributed by atoms with Crippen LogP contribution in [-0.4, -0.2) is 15.0 Å². The van der Waals surface area contributed by atoms with Crippen LogP contribution in [0, 0.1) is 0 Å². The first-order valence-corrected chi connectivity index (χ1v) is 9.38. The van der Waals surface area contributed by atoms with E-state index in [0.717, 1.165) is 21.3 Å². The van der Waals surface area contributed by atoms with Gasteiger partial charge in [0.1, 0.15) is 16.1 Å². The predicted molar refractivity (Wildman–Crippen MR) is 97.6 cm³/mol. The van der Waals surface area contributed by atoms with Gasteiger partial charge in [0.2, 0.25) is 0 Å². The van der Waals surface area contributed by atoms with Gasteiger partial charge < -0.3 is 4.55 Å². The Kier molecular flexibility index (Phi) is 5.30. The molecule has 0 aliphatic carbocycles. The first kappa shape index (κ1) is 16.7. The van der Waals surface area contributed by atoms with E-state index in [2.05, 4.69) is 37.8 Å². The largest absolute Gasteiger partial charge is 0.591 e. The number of nitrogens with zero attached hydrogens (tertiary/aromatic N) is 1. The number of hydrogen-bond acceptors (Lipinski definition) is 3. The molecule has 0 saturated heterocycles. The average molecular weight is 384 g/mol. The summed E-state index contributed by atoms with van der Waals surface area (Å²) in [6.07, 6.45) is 0. The Morgan fingerprint density at radius 3 is 2.57 bits per heavy atom. The standard InChI is InChI=1S/C16H18BrNOS2/c1-11(18-21(19)16(2,3)4)12-7-8-14(17)13(10-12)15-6-5-9-20-15/h5-10H,1-4H3. The van der Waals surface area contributed by atoms with Gasteiger partial charge in [-0.3, -0.25) is 0 Å². The second kappa shape index (κ2) is 6.65. The third-order valence-electron chi connectivity index (χ3n) is 2.91. The van der Waals surface area contributed by atoms with Crippen molar-refractivity contribution in [2.45, 2.75) is 32.4 Å². The fourth-order valence-electron chi connectivity index (χ4n) is 1.68. The summed E-state index contributed by atoms with van der Waals surface area (Å²) < 4.78 is 17.2. The molecule has 0 aliphatic heterocycles. The molecule has 0 bridgehead atoms. The molecule has 2 nitrogen and oxygen atoms in total. The van der Waals surface area contributed by atoms with Crippen LogP contribution >= 0.6 is 27.3 Å². The van der Waals surface area contributed by atoms with Crippen molar-refractivity contribution in [3.8, 4) is 10.4 Å². The summed E-state index contributed by atoms with van der Waals surface area (Å²) in [6, 6.07) is 10.2. The van der Waals surface area contributed by atoms with E-state index in [0.29, 0.717) is 0 Å². The van der Waals surface area contributed by atoms with Crippen LogP contribution in [0.25, 0.3) is 10.4 Å². The van der Waals surface area contributed by atoms with Crippen molar-refractivity contribution < 1.29 is 4.55 Å². The van der Waals surface area contributed by atoms with Gasteiger partial charge in [-0.1, -0.05) is 32.5 Å². The number of hydrogen-bond donors (Lipinski definition) is 0. The second-order valence-corrected chi connectivity index (χ2v) is 9.42. The molecule has 1 aromatic heterocycles. The van der Waals surface area contributed by atoms with E-state index in [1.54, 1.807) is 11.3 Å². The SMILES string of the molecule is CC(=N[S+]([O-])C(C)(C)C)c1ccc(Br)c(-c2cccs2)c1. The zero-order valence-corrected chi connectivity index (χ0v) is 15.7. The molecule has 2 rings (SSSR count). The average Bonchev–Trinajstić information content (AvgIpc) is 2.91. The molecule has 112 valence electrons. The minimum Gasteiger partial charge on any atom is -0.591 e. The molecule has 0 fully saturated rings. The van der Waals surface area contributed by atoms with Gasteiger partial charge in [-0.15, -0.1) is 11.3 Å². The lowest BCUT2D eigenvalue weighted by molar-refractivity contribution is 0.561. The Balaban J connectivity index is 2.37. The summed E-state index contributed by atoms with van der Waals surface area (Å²) in [4.78, 5) is 1.20. The number of thiophene rings is 1. The molecule has 0 saturated carbocycles. The molecule has 0 N–H and O–H groups in total. The van der Waals surface area contributed by atoms with Gasteiger partial charge in [0.15, 0.2) is 0 Å². The summed E-state index contributed by atoms with van der Waals surface area (Å²) >= 11 is 4.05. The second-order valence-electron chi connectivity index (χ2n) is 5.71. The molecule has 5 heteroatoms. The Labute approximate surface area is 141 Å². The van der Waals surface area contributed by atoms with Gasteiger partial charge in [0.05, 0.1) is 5.71 Å². The topological polar surface area (TPSA) is 35.4 Å². The van der Waals surface area contributed by atoms with Crippen molar-refractivity contribution in [1.82, 2.24) is 0 Å². The lowest BCUT2D eigenvalue weighted by atomic mass is 10.1. The maximum absolute atomic E-state index is 12.1. The van der Waals surface area contributed by atoms with E-state index < -0.39 is 11.4 Å². The van der Waals surface area contributed by atoms with Gasteiger partial charge in [-0.25, -0.2) is 0 Å². The molecule has 1 heterocycles. The molecular formula is C16H18BrNOS2. The third-order valence-corrected chi connectivity index (χ3v) is 6.00. The fourth-order valence-corrected chi connectivity index (χ4v) is 3.66. The van der Waals surface area contributed by atoms with Crippen LogP contribution in [0.4, 0.5) is 0 Å². The molecular weight excluding hydrogens is 366 g/mol. The minimum atomic E-state index is -1.24. The molecule has 0 aliphatic rings. The van der Waals surface area contributed by atoms with Crippen LogP contribution in [0.1, 0.15) is 33.3 Å². The summed E-state index contributed by atoms with van der Waals surface area (Å²) in [5.74, 6) is 0. The highest BCUT2D eigenvalue weighted by atomic mass is 79.9. The van der Waals surface area contributed by atoms with Gasteiger partial charge in [-0.2, -0.15) is 0 Å². The zero-order chi connectivity index (χ0) is 15.6. The third kappa shape index (κ3) is 4.19. The van der Waals surface area contributed by atoms with Crippen LogP contribution in [-0.2, 0) is 11.4 Å². The van der Waals surface area contributed by atoms with Crippen LogP contribution in [0.2, 0.25) is 0 Å². The highest BCUT2D eigenvalue weighted by Crippen LogP contribution is 2.32. The van der Waals surface area contributed by atoms with Gasteiger partial charge in [-0.05, 0) is 51.3 Å². The zero-order valence-electron chi connectivity index (χ0n) is 12.5. The Hall–Kier alpha value is -0.620. The van der Waals surface area contributed by atoms with E-state index in [4.69, 9.17) is 0 Å². The highest BCUT2D eigenvalue weighted by Gasteiger charge is 2.26. The van der Waals surface area contributed by atoms with E-state index in [9.17, 15) is 4.55 Å². The van der Waals surface area contributed by atoms with Gasteiger partial charge in [0.25, 0.3) is 0 Å². The molecule has 21 heavy (non-hydrogen) atoms. The molecule has 2 aromatic rings. The molecule has 1 atom stereocenters. The highest BCUT2D eigenvalue weighted by molar-refractivity contribution is 9.10. The van der Waals surface area contributed by atoms with Crippen molar-refractivity contribution in [2.24, 2.45) is 4.40 Å². The van der Waals surface area contributed by atoms with Crippen molar-refractivity contribution in [3.05, 3.63) is 45.7 Å². The quantitative estimate of drug-likeness (QED) is 0.512. The fraction of sp³-hybridized carbons (Fsp3) is 0.312. The molecule has 0 radical (unpaired) electrons. The first-order chi connectivity index (χ1) is 9.79. The van der Waals surface area contributed by atoms with Crippen LogP contribution in [0.3, 0.4) is 0 Å². The number of rotatable bonds is 3. The van der Waals surface area contributed by atoms with E-state index in [1.807, 2.05) is 45.9 Å². The molecule has 0 amide bonds. The maximum Gasteiger partial charge on any atom is 0.144 e. The molecule has 1 unspecified atom stereocenters. The lowest BCUT2D eigenvalue weighted by Gasteiger charge is -2.19. The Morgan fingerprint density at radius 1 is 1.29 bits per heavy atom. The van der Waals surface area contributed by atoms with Crippen LogP contribution < -0.4 is 0 Å². The summed E-state index contributed by atoms with van der Waals surface area (Å²) in [6.45, 7) is 7.70. The Bertz CT molecular complexity index is 645. The van der Waals surface area contributed by atoms with E-state index >= 15 is 0 Å². The first-order valence-electron chi connectivity index (χ1n) is 6.60. The Morgan fingerprint density at radius 2 is 2.00 bits per heavy atom. The monoisotopic (exact) mass is 383 g/mol. The van der Waals surface area contributed by atoms with Crippen molar-refractivity contribution in [3.63, 3.8) is 0 Å². The van der Waals surface area contributed by atoms with Crippen molar-refractivity contribution in [2.75, 3.05) is 0 Å². The minimum absolute atomic E-state index is 0.340. The lowest BCUT2D eigenvalue weighted by Crippen LogP contribution is -2.26. The summed E-state index contributed by atoms with van der Waals surface area (Å²) in [7, 11) is 0. The summed E-state index contributed by atoms with van der Waals surface area (Å²) in [5, 5.41) is 2.06. The predicted octanol–water partition coefficient (Wildman–Crippen LogP) is 5.45. The van der Waals surface area contributed by atoms with Crippen molar-refractivity contribution >= 4 is 44.3 Å². The van der Waals surface area contributed by atoms with Gasteiger partial charge in [0, 0.05) is 20.5 Å². The maximum atomic E-state index is 12.1.